The van der Waals surface area contributed by atoms with Crippen molar-refractivity contribution in [2.45, 2.75) is 20.1 Å². The third-order valence-corrected chi connectivity index (χ3v) is 3.07. The molecule has 1 N–H and O–H groups in total. The van der Waals surface area contributed by atoms with E-state index in [0.29, 0.717) is 6.61 Å². The fourth-order valence-electron chi connectivity index (χ4n) is 1.87. The maximum absolute atomic E-state index is 5.78. The molecule has 21 heavy (non-hydrogen) atoms. The minimum absolute atomic E-state index is 0. The van der Waals surface area contributed by atoms with Gasteiger partial charge in [0.2, 0.25) is 0 Å². The van der Waals surface area contributed by atoms with E-state index >= 15 is 0 Å². The number of nitrogens with one attached hydrogen (secondary N) is 1. The maximum Gasteiger partial charge on any atom is 0.119 e. The summed E-state index contributed by atoms with van der Waals surface area (Å²) in [6, 6.07) is 16.6. The van der Waals surface area contributed by atoms with Crippen molar-refractivity contribution in [3.63, 3.8) is 0 Å². The van der Waals surface area contributed by atoms with Gasteiger partial charge in [0, 0.05) is 13.1 Å². The lowest BCUT2D eigenvalue weighted by molar-refractivity contribution is 0.306. The number of benzene rings is 2. The highest BCUT2D eigenvalue weighted by Crippen LogP contribution is 2.14. The van der Waals surface area contributed by atoms with Crippen LogP contribution in [0.2, 0.25) is 0 Å². The van der Waals surface area contributed by atoms with Crippen LogP contribution in [0, 0.1) is 6.92 Å². The summed E-state index contributed by atoms with van der Waals surface area (Å²) in [5.41, 5.74) is 3.70. The maximum atomic E-state index is 5.78. The molecular weight excluding hydrogens is 282 g/mol. The Balaban J connectivity index is 0.00000220. The summed E-state index contributed by atoms with van der Waals surface area (Å²) in [6.07, 6.45) is 1.86. The van der Waals surface area contributed by atoms with Crippen molar-refractivity contribution in [2.24, 2.45) is 0 Å². The van der Waals surface area contributed by atoms with Crippen molar-refractivity contribution >= 4 is 12.4 Å². The van der Waals surface area contributed by atoms with Crippen molar-refractivity contribution in [3.05, 3.63) is 77.9 Å². The molecule has 2 nitrogen and oxygen atoms in total. The normalized spacial score (nSPS) is 9.76. The van der Waals surface area contributed by atoms with Gasteiger partial charge >= 0.3 is 0 Å². The van der Waals surface area contributed by atoms with E-state index in [2.05, 4.69) is 55.2 Å². The minimum atomic E-state index is 0. The monoisotopic (exact) mass is 303 g/mol. The first-order chi connectivity index (χ1) is 9.78. The fourth-order valence-corrected chi connectivity index (χ4v) is 1.87. The molecule has 0 aromatic heterocycles. The van der Waals surface area contributed by atoms with Gasteiger partial charge in [-0.05, 0) is 30.2 Å². The topological polar surface area (TPSA) is 21.3 Å². The van der Waals surface area contributed by atoms with Crippen LogP contribution < -0.4 is 10.1 Å². The molecule has 0 atom stereocenters. The van der Waals surface area contributed by atoms with Gasteiger partial charge in [0.25, 0.3) is 0 Å². The summed E-state index contributed by atoms with van der Waals surface area (Å²) in [5.74, 6) is 0.901. The van der Waals surface area contributed by atoms with Crippen LogP contribution in [-0.4, -0.2) is 6.54 Å². The van der Waals surface area contributed by atoms with Crippen molar-refractivity contribution in [1.29, 1.82) is 0 Å². The first-order valence-corrected chi connectivity index (χ1v) is 6.87. The molecule has 0 spiro atoms. The Bertz CT molecular complexity index is 534. The second kappa shape index (κ2) is 9.22. The standard InChI is InChI=1S/C18H21NO.ClH/c1-3-12-19-13-16-8-10-18(11-9-16)20-14-17-6-4-15(2)5-7-17;/h3-11,19H,1,12-14H2,2H3;1H. The lowest BCUT2D eigenvalue weighted by Crippen LogP contribution is -2.12. The molecule has 0 saturated carbocycles. The fraction of sp³-hybridized carbons (Fsp3) is 0.222. The zero-order chi connectivity index (χ0) is 14.2. The van der Waals surface area contributed by atoms with Crippen LogP contribution in [-0.2, 0) is 13.2 Å². The smallest absolute Gasteiger partial charge is 0.119 e. The van der Waals surface area contributed by atoms with Crippen LogP contribution in [0.5, 0.6) is 5.75 Å². The highest BCUT2D eigenvalue weighted by atomic mass is 35.5. The molecule has 0 aliphatic rings. The van der Waals surface area contributed by atoms with E-state index in [9.17, 15) is 0 Å². The Morgan fingerprint density at radius 3 is 2.24 bits per heavy atom. The van der Waals surface area contributed by atoms with Crippen LogP contribution >= 0.6 is 12.4 Å². The van der Waals surface area contributed by atoms with Gasteiger partial charge in [-0.3, -0.25) is 0 Å². The number of hydrogen-bond donors (Lipinski definition) is 1. The Hall–Kier alpha value is -1.77. The molecule has 0 bridgehead atoms. The van der Waals surface area contributed by atoms with Gasteiger partial charge in [-0.25, -0.2) is 0 Å². The average Bonchev–Trinajstić information content (AvgIpc) is 2.48. The molecule has 0 radical (unpaired) electrons. The van der Waals surface area contributed by atoms with E-state index in [4.69, 9.17) is 4.74 Å². The quantitative estimate of drug-likeness (QED) is 0.609. The van der Waals surface area contributed by atoms with E-state index in [0.717, 1.165) is 18.8 Å². The molecule has 3 heteroatoms. The first-order valence-electron chi connectivity index (χ1n) is 6.87. The number of rotatable bonds is 7. The van der Waals surface area contributed by atoms with Crippen LogP contribution in [0.15, 0.2) is 61.2 Å². The van der Waals surface area contributed by atoms with Crippen LogP contribution in [0.1, 0.15) is 16.7 Å². The Morgan fingerprint density at radius 1 is 1.00 bits per heavy atom. The predicted molar refractivity (Wildman–Crippen MR) is 91.1 cm³/mol. The number of halogens is 1. The van der Waals surface area contributed by atoms with E-state index in [1.165, 1.54) is 16.7 Å². The lowest BCUT2D eigenvalue weighted by atomic mass is 10.2. The van der Waals surface area contributed by atoms with E-state index < -0.39 is 0 Å². The van der Waals surface area contributed by atoms with E-state index in [-0.39, 0.29) is 12.4 Å². The zero-order valence-electron chi connectivity index (χ0n) is 12.3. The first kappa shape index (κ1) is 17.3. The van der Waals surface area contributed by atoms with Gasteiger partial charge < -0.3 is 10.1 Å². The average molecular weight is 304 g/mol. The van der Waals surface area contributed by atoms with Gasteiger partial charge in [0.05, 0.1) is 0 Å². The van der Waals surface area contributed by atoms with Crippen LogP contribution in [0.4, 0.5) is 0 Å². The van der Waals surface area contributed by atoms with Gasteiger partial charge in [0.1, 0.15) is 12.4 Å². The second-order valence-electron chi connectivity index (χ2n) is 4.84. The number of aryl methyl sites for hydroxylation is 1. The molecule has 0 aliphatic heterocycles. The molecular formula is C18H22ClNO. The summed E-state index contributed by atoms with van der Waals surface area (Å²) in [7, 11) is 0. The molecule has 0 aliphatic carbocycles. The Labute approximate surface area is 133 Å². The summed E-state index contributed by atoms with van der Waals surface area (Å²) >= 11 is 0. The molecule has 2 aromatic rings. The van der Waals surface area contributed by atoms with Crippen LogP contribution in [0.3, 0.4) is 0 Å². The van der Waals surface area contributed by atoms with Gasteiger partial charge in [-0.2, -0.15) is 0 Å². The summed E-state index contributed by atoms with van der Waals surface area (Å²) in [4.78, 5) is 0. The Morgan fingerprint density at radius 2 is 1.62 bits per heavy atom. The second-order valence-corrected chi connectivity index (χ2v) is 4.84. The third kappa shape index (κ3) is 6.03. The van der Waals surface area contributed by atoms with E-state index in [1.807, 2.05) is 18.2 Å². The highest BCUT2D eigenvalue weighted by Gasteiger charge is 1.97. The lowest BCUT2D eigenvalue weighted by Gasteiger charge is -2.08. The third-order valence-electron chi connectivity index (χ3n) is 3.07. The molecule has 0 amide bonds. The SMILES string of the molecule is C=CCNCc1ccc(OCc2ccc(C)cc2)cc1.Cl. The number of ether oxygens (including phenoxy) is 1. The van der Waals surface area contributed by atoms with Crippen molar-refractivity contribution in [2.75, 3.05) is 6.54 Å². The molecule has 112 valence electrons. The van der Waals surface area contributed by atoms with Crippen LogP contribution in [0.25, 0.3) is 0 Å². The molecule has 2 rings (SSSR count). The van der Waals surface area contributed by atoms with E-state index in [1.54, 1.807) is 0 Å². The van der Waals surface area contributed by atoms with Crippen molar-refractivity contribution in [3.8, 4) is 5.75 Å². The largest absolute Gasteiger partial charge is 0.489 e. The highest BCUT2D eigenvalue weighted by molar-refractivity contribution is 5.85. The zero-order valence-corrected chi connectivity index (χ0v) is 13.2. The Kier molecular flexibility index (Phi) is 7.59. The molecule has 0 saturated heterocycles. The molecule has 0 fully saturated rings. The van der Waals surface area contributed by atoms with Crippen molar-refractivity contribution < 1.29 is 4.74 Å². The van der Waals surface area contributed by atoms with Gasteiger partial charge in [-0.1, -0.05) is 48.0 Å². The van der Waals surface area contributed by atoms with Gasteiger partial charge in [-0.15, -0.1) is 19.0 Å². The summed E-state index contributed by atoms with van der Waals surface area (Å²) < 4.78 is 5.78. The van der Waals surface area contributed by atoms with Gasteiger partial charge in [0.15, 0.2) is 0 Å². The predicted octanol–water partition coefficient (Wildman–Crippen LogP) is 4.27. The molecule has 0 heterocycles. The molecule has 0 unspecified atom stereocenters. The molecule has 2 aromatic carbocycles. The summed E-state index contributed by atoms with van der Waals surface area (Å²) in [5, 5.41) is 3.28. The number of hydrogen-bond acceptors (Lipinski definition) is 2. The van der Waals surface area contributed by atoms with Crippen molar-refractivity contribution in [1.82, 2.24) is 5.32 Å². The minimum Gasteiger partial charge on any atom is -0.489 e. The summed E-state index contributed by atoms with van der Waals surface area (Å²) in [6.45, 7) is 8.05.